The van der Waals surface area contributed by atoms with Crippen LogP contribution in [-0.2, 0) is 51.1 Å². The summed E-state index contributed by atoms with van der Waals surface area (Å²) in [7, 11) is 17.0. The van der Waals surface area contributed by atoms with Crippen LogP contribution in [0.25, 0.3) is 12.2 Å². The molecule has 23 heteroatoms. The summed E-state index contributed by atoms with van der Waals surface area (Å²) in [5, 5.41) is 20.9. The predicted molar refractivity (Wildman–Crippen MR) is 335 cm³/mol. The Morgan fingerprint density at radius 3 is 1.96 bits per heavy atom. The second kappa shape index (κ2) is 29.7. The predicted octanol–water partition coefficient (Wildman–Crippen LogP) is 11.8. The fourth-order valence-electron chi connectivity index (χ4n) is 10.3. The van der Waals surface area contributed by atoms with Gasteiger partial charge < -0.3 is 72.1 Å². The molecule has 4 radical (unpaired) electrons. The van der Waals surface area contributed by atoms with Crippen LogP contribution in [0.4, 0.5) is 29.7 Å². The molecule has 4 aromatic carbocycles. The maximum absolute atomic E-state index is 16.1. The zero-order valence-corrected chi connectivity index (χ0v) is 53.3. The fourth-order valence-corrected chi connectivity index (χ4v) is 10.3. The number of phenols is 1. The lowest BCUT2D eigenvalue weighted by Crippen LogP contribution is -2.39. The minimum absolute atomic E-state index is 0.0760. The number of benzene rings is 4. The van der Waals surface area contributed by atoms with Crippen LogP contribution in [0.15, 0.2) is 109 Å². The molecule has 0 aliphatic carbocycles. The molecular weight excluding hydrogens is 1160 g/mol. The van der Waals surface area contributed by atoms with Gasteiger partial charge in [-0.2, -0.15) is 0 Å². The van der Waals surface area contributed by atoms with Gasteiger partial charge in [0.25, 0.3) is 0 Å². The molecule has 2 fully saturated rings. The first-order valence-corrected chi connectivity index (χ1v) is 29.5. The van der Waals surface area contributed by atoms with E-state index in [2.05, 4.69) is 0 Å². The van der Waals surface area contributed by atoms with Crippen LogP contribution >= 0.6 is 0 Å². The molecule has 480 valence electrons. The molecule has 19 nitrogen and oxygen atoms in total. The summed E-state index contributed by atoms with van der Waals surface area (Å²) in [5.41, 5.74) is 3.10. The molecule has 10 atom stereocenters. The van der Waals surface area contributed by atoms with Crippen molar-refractivity contribution in [3.05, 3.63) is 142 Å². The Balaban J connectivity index is 0.000000257. The lowest BCUT2D eigenvalue weighted by atomic mass is 9.97. The van der Waals surface area contributed by atoms with E-state index in [-0.39, 0.29) is 48.6 Å². The van der Waals surface area contributed by atoms with Gasteiger partial charge in [0.1, 0.15) is 76.3 Å². The van der Waals surface area contributed by atoms with E-state index < -0.39 is 119 Å². The summed E-state index contributed by atoms with van der Waals surface area (Å²) in [6.07, 6.45) is 3.14. The van der Waals surface area contributed by atoms with Crippen LogP contribution < -0.4 is 24.0 Å². The number of cyclic esters (lactones) is 2. The molecule has 0 unspecified atom stereocenters. The number of carbonyl (C=O) groups excluding carboxylic acids is 4. The first-order valence-electron chi connectivity index (χ1n) is 29.5. The second-order valence-electron chi connectivity index (χ2n) is 23.9. The van der Waals surface area contributed by atoms with Crippen molar-refractivity contribution >= 4 is 62.8 Å². The quantitative estimate of drug-likeness (QED) is 0.0742. The van der Waals surface area contributed by atoms with Gasteiger partial charge in [0.2, 0.25) is 21.5 Å². The highest BCUT2D eigenvalue weighted by Gasteiger charge is 2.48. The van der Waals surface area contributed by atoms with E-state index in [1.165, 1.54) is 37.2 Å². The molecular formula is C67H80B2F2N2O17. The Morgan fingerprint density at radius 2 is 1.37 bits per heavy atom. The van der Waals surface area contributed by atoms with Gasteiger partial charge in [-0.15, -0.1) is 0 Å². The average Bonchev–Trinajstić information content (AvgIpc) is 0.873. The fraction of sp³-hybridized carbons (Fsp3) is 0.463. The van der Waals surface area contributed by atoms with Crippen LogP contribution in [0.2, 0.25) is 0 Å². The molecule has 4 aromatic rings. The third-order valence-electron chi connectivity index (χ3n) is 15.5. The van der Waals surface area contributed by atoms with E-state index in [4.69, 9.17) is 67.8 Å². The number of rotatable bonds is 17. The number of halogens is 2. The monoisotopic (exact) mass is 1240 g/mol. The molecule has 4 heterocycles. The second-order valence-corrected chi connectivity index (χ2v) is 23.9. The maximum atomic E-state index is 16.1. The van der Waals surface area contributed by atoms with Crippen LogP contribution in [0.1, 0.15) is 125 Å². The number of esters is 2. The molecule has 4 aliphatic rings. The standard InChI is InChI=1S/C35H43BFNO9.C32H37BFNO8/c1-20(21(2)39)16-26(37)30(43-19-22-12-14-25(42-8)15-13-22)31-27(44-34(3,4)46-31)11-9-10-23-17-24(38(7)33(36)41)18-28-29(23)32(40)47-35(5,6)45-28;1-18-14-24(34)28(40-17-20-10-12-23(39-6)13-11-20)29-26(42-32(3,4)43-29)9-7-8-21-15-22(35(5)31(33)38)16-25(36)27(21)30(37)41-19(18)2/h9-10,12-18,20-21,27,30-31,39H,11,19H2,1-8H3;7-8,10-16,18-19,26,28-29,36H,9,17H2,1-6H3/b10-9+,26-16+;8-7+,24-14+/t20-,21+,27+,30-,31+;18-,19+,26+,28-,29+/m11/s1. The van der Waals surface area contributed by atoms with Crippen LogP contribution in [-0.4, -0.2) is 144 Å². The molecule has 4 aliphatic heterocycles. The third-order valence-corrected chi connectivity index (χ3v) is 15.5. The lowest BCUT2D eigenvalue weighted by Gasteiger charge is -2.33. The minimum Gasteiger partial charge on any atom is -0.507 e. The molecule has 2 amide bonds. The number of ether oxygens (including phenoxy) is 11. The molecule has 0 spiro atoms. The number of aromatic hydroxyl groups is 1. The van der Waals surface area contributed by atoms with E-state index >= 15 is 8.78 Å². The number of hydrogen-bond acceptors (Lipinski definition) is 17. The number of carbonyl (C=O) groups is 4. The zero-order chi connectivity index (χ0) is 66.2. The molecule has 0 bridgehead atoms. The van der Waals surface area contributed by atoms with E-state index in [9.17, 15) is 29.4 Å². The van der Waals surface area contributed by atoms with E-state index in [1.807, 2.05) is 24.3 Å². The molecule has 2 saturated heterocycles. The first kappa shape index (κ1) is 70.1. The van der Waals surface area contributed by atoms with E-state index in [0.717, 1.165) is 16.0 Å². The summed E-state index contributed by atoms with van der Waals surface area (Å²) in [4.78, 5) is 52.4. The Morgan fingerprint density at radius 1 is 0.778 bits per heavy atom. The summed E-state index contributed by atoms with van der Waals surface area (Å²) < 4.78 is 96.7. The normalized spacial score (nSPS) is 24.7. The van der Waals surface area contributed by atoms with Gasteiger partial charge in [0, 0.05) is 63.3 Å². The van der Waals surface area contributed by atoms with Crippen LogP contribution in [0.5, 0.6) is 23.0 Å². The van der Waals surface area contributed by atoms with Crippen molar-refractivity contribution < 1.29 is 90.3 Å². The number of aliphatic hydroxyl groups is 1. The van der Waals surface area contributed by atoms with Crippen molar-refractivity contribution in [1.29, 1.82) is 0 Å². The van der Waals surface area contributed by atoms with Crippen molar-refractivity contribution in [1.82, 2.24) is 0 Å². The van der Waals surface area contributed by atoms with Gasteiger partial charge in [0.15, 0.2) is 23.2 Å². The highest BCUT2D eigenvalue weighted by molar-refractivity contribution is 6.60. The van der Waals surface area contributed by atoms with Crippen molar-refractivity contribution in [2.24, 2.45) is 11.8 Å². The van der Waals surface area contributed by atoms with Crippen molar-refractivity contribution in [2.45, 2.75) is 161 Å². The highest BCUT2D eigenvalue weighted by atomic mass is 19.1. The number of methoxy groups -OCH3 is 2. The van der Waals surface area contributed by atoms with Crippen molar-refractivity contribution in [2.75, 3.05) is 38.1 Å². The SMILES string of the molecule is [B]C(=O)N(C)c1cc(/C=C/C[C@@H]2OC(C)(C)O[C@@H]2[C@H](OCc2ccc(OC)cc2)/C(F)=C\[C@@H](C)[C@H](C)O)c2c(c1)OC(C)(C)OC2=O.[B]C(=O)N(C)c1cc(O)c2c(c1)/C=C/C[C@@H]1OC(C)(C)O[C@@H]1[C@H](OCc1ccc(OC)cc1)/C(F)=C\[C@@H](C)[C@H](C)OC2=O. The van der Waals surface area contributed by atoms with Gasteiger partial charge >= 0.3 is 11.9 Å². The maximum Gasteiger partial charge on any atom is 0.345 e. The lowest BCUT2D eigenvalue weighted by molar-refractivity contribution is -0.158. The van der Waals surface area contributed by atoms with Crippen LogP contribution in [0, 0.1) is 11.8 Å². The molecule has 8 rings (SSSR count). The number of phenolic OH excluding ortho intramolecular Hbond substituents is 1. The first-order chi connectivity index (χ1) is 42.3. The Bertz CT molecular complexity index is 3330. The Kier molecular flexibility index (Phi) is 23.1. The topological polar surface area (TPSA) is 217 Å². The average molecular weight is 1240 g/mol. The molecule has 0 saturated carbocycles. The number of fused-ring (bicyclic) bond motifs is 3. The number of amides is 2. The third kappa shape index (κ3) is 18.0. The van der Waals surface area contributed by atoms with Gasteiger partial charge in [-0.3, -0.25) is 9.59 Å². The molecule has 90 heavy (non-hydrogen) atoms. The molecule has 0 aromatic heterocycles. The van der Waals surface area contributed by atoms with Gasteiger partial charge in [-0.1, -0.05) is 62.4 Å². The zero-order valence-electron chi connectivity index (χ0n) is 53.3. The van der Waals surface area contributed by atoms with Gasteiger partial charge in [-0.05, 0) is 125 Å². The largest absolute Gasteiger partial charge is 0.507 e. The van der Waals surface area contributed by atoms with Crippen molar-refractivity contribution in [3.8, 4) is 23.0 Å². The Labute approximate surface area is 527 Å². The minimum atomic E-state index is -1.22. The summed E-state index contributed by atoms with van der Waals surface area (Å²) in [6.45, 7) is 17.0. The summed E-state index contributed by atoms with van der Waals surface area (Å²) in [6, 6.07) is 20.5. The highest BCUT2D eigenvalue weighted by Crippen LogP contribution is 2.41. The number of aliphatic hydroxyl groups excluding tert-OH is 1. The number of nitrogens with zero attached hydrogens (tertiary/aromatic N) is 2. The summed E-state index contributed by atoms with van der Waals surface area (Å²) >= 11 is 0. The van der Waals surface area contributed by atoms with Gasteiger partial charge in [0.05, 0.1) is 45.7 Å². The number of anilines is 2. The number of hydrogen-bond donors (Lipinski definition) is 2. The van der Waals surface area contributed by atoms with Crippen LogP contribution in [0.3, 0.4) is 0 Å². The molecule has 2 N–H and O–H groups in total. The summed E-state index contributed by atoms with van der Waals surface area (Å²) in [5.74, 6) is -7.15. The van der Waals surface area contributed by atoms with E-state index in [1.54, 1.807) is 150 Å². The Hall–Kier alpha value is -7.37. The van der Waals surface area contributed by atoms with E-state index in [0.29, 0.717) is 28.3 Å². The smallest absolute Gasteiger partial charge is 0.345 e. The van der Waals surface area contributed by atoms with Crippen molar-refractivity contribution in [3.63, 3.8) is 0 Å². The van der Waals surface area contributed by atoms with Gasteiger partial charge in [-0.25, -0.2) is 18.4 Å².